The first kappa shape index (κ1) is 19.6. The van der Waals surface area contributed by atoms with E-state index in [2.05, 4.69) is 21.9 Å². The van der Waals surface area contributed by atoms with Gasteiger partial charge in [-0.25, -0.2) is 4.39 Å². The van der Waals surface area contributed by atoms with Gasteiger partial charge in [0.1, 0.15) is 11.6 Å². The summed E-state index contributed by atoms with van der Waals surface area (Å²) in [5, 5.41) is 0. The summed E-state index contributed by atoms with van der Waals surface area (Å²) < 4.78 is 19.7. The van der Waals surface area contributed by atoms with Crippen molar-refractivity contribution in [1.29, 1.82) is 0 Å². The summed E-state index contributed by atoms with van der Waals surface area (Å²) >= 11 is 0. The van der Waals surface area contributed by atoms with Gasteiger partial charge in [0.05, 0.1) is 7.11 Å². The predicted molar refractivity (Wildman–Crippen MR) is 114 cm³/mol. The van der Waals surface area contributed by atoms with Gasteiger partial charge in [-0.15, -0.1) is 0 Å². The summed E-state index contributed by atoms with van der Waals surface area (Å²) in [6.45, 7) is 3.19. The smallest absolute Gasteiger partial charge is 0.225 e. The van der Waals surface area contributed by atoms with Crippen molar-refractivity contribution in [1.82, 2.24) is 9.80 Å². The van der Waals surface area contributed by atoms with E-state index in [-0.39, 0.29) is 23.7 Å². The summed E-state index contributed by atoms with van der Waals surface area (Å²) in [4.78, 5) is 17.6. The molecule has 30 heavy (non-hydrogen) atoms. The molecule has 0 N–H and O–H groups in total. The van der Waals surface area contributed by atoms with Gasteiger partial charge in [-0.3, -0.25) is 9.69 Å². The van der Waals surface area contributed by atoms with Crippen LogP contribution in [0.1, 0.15) is 36.3 Å². The first-order valence-corrected chi connectivity index (χ1v) is 11.0. The number of rotatable bonds is 5. The molecule has 2 aromatic rings. The highest BCUT2D eigenvalue weighted by molar-refractivity contribution is 5.82. The molecule has 2 heterocycles. The molecule has 3 fully saturated rings. The molecule has 2 aliphatic heterocycles. The minimum absolute atomic E-state index is 0.138. The Morgan fingerprint density at radius 2 is 1.93 bits per heavy atom. The molecule has 5 heteroatoms. The molecule has 158 valence electrons. The summed E-state index contributed by atoms with van der Waals surface area (Å²) in [5.41, 5.74) is 1.99. The highest BCUT2D eigenvalue weighted by atomic mass is 19.1. The largest absolute Gasteiger partial charge is 0.497 e. The van der Waals surface area contributed by atoms with Gasteiger partial charge in [0.15, 0.2) is 0 Å². The van der Waals surface area contributed by atoms with Gasteiger partial charge in [-0.05, 0) is 43.0 Å². The monoisotopic (exact) mass is 408 g/mol. The first-order valence-electron chi connectivity index (χ1n) is 11.0. The number of carbonyl (C=O) groups is 1. The van der Waals surface area contributed by atoms with Crippen molar-refractivity contribution >= 4 is 5.91 Å². The van der Waals surface area contributed by atoms with E-state index in [0.29, 0.717) is 18.4 Å². The molecular weight excluding hydrogens is 379 g/mol. The van der Waals surface area contributed by atoms with Crippen LogP contribution in [0.15, 0.2) is 48.5 Å². The second-order valence-corrected chi connectivity index (χ2v) is 8.99. The Labute approximate surface area is 177 Å². The van der Waals surface area contributed by atoms with Crippen molar-refractivity contribution in [2.45, 2.75) is 37.8 Å². The lowest BCUT2D eigenvalue weighted by Crippen LogP contribution is -2.48. The molecular formula is C25H29FN2O2. The van der Waals surface area contributed by atoms with Crippen LogP contribution in [0.4, 0.5) is 4.39 Å². The molecule has 4 nitrogen and oxygen atoms in total. The van der Waals surface area contributed by atoms with Crippen LogP contribution in [0.25, 0.3) is 0 Å². The number of nitrogens with zero attached hydrogens (tertiary/aromatic N) is 2. The molecule has 1 saturated carbocycles. The van der Waals surface area contributed by atoms with Crippen LogP contribution in [0, 0.1) is 17.7 Å². The van der Waals surface area contributed by atoms with Gasteiger partial charge in [0, 0.05) is 55.5 Å². The zero-order valence-corrected chi connectivity index (χ0v) is 17.5. The average molecular weight is 409 g/mol. The number of hydrogen-bond acceptors (Lipinski definition) is 3. The lowest BCUT2D eigenvalue weighted by Gasteiger charge is -2.39. The molecule has 0 unspecified atom stereocenters. The van der Waals surface area contributed by atoms with E-state index < -0.39 is 0 Å². The maximum absolute atomic E-state index is 14.2. The predicted octanol–water partition coefficient (Wildman–Crippen LogP) is 4.06. The molecule has 3 atom stereocenters. The maximum atomic E-state index is 14.2. The van der Waals surface area contributed by atoms with Crippen molar-refractivity contribution in [2.24, 2.45) is 11.8 Å². The van der Waals surface area contributed by atoms with E-state index in [4.69, 9.17) is 4.74 Å². The van der Waals surface area contributed by atoms with E-state index in [0.717, 1.165) is 50.2 Å². The summed E-state index contributed by atoms with van der Waals surface area (Å²) in [6.07, 6.45) is 3.03. The number of piperidine rings is 1. The van der Waals surface area contributed by atoms with E-state index >= 15 is 0 Å². The quantitative estimate of drug-likeness (QED) is 0.748. The Balaban J connectivity index is 1.40. The molecule has 2 aromatic carbocycles. The van der Waals surface area contributed by atoms with E-state index in [9.17, 15) is 9.18 Å². The number of amides is 1. The van der Waals surface area contributed by atoms with Crippen LogP contribution in [0.2, 0.25) is 0 Å². The van der Waals surface area contributed by atoms with Crippen LogP contribution < -0.4 is 4.74 Å². The molecule has 5 rings (SSSR count). The zero-order chi connectivity index (χ0) is 20.7. The van der Waals surface area contributed by atoms with Crippen LogP contribution >= 0.6 is 0 Å². The number of fused-ring (bicyclic) bond motifs is 1. The Morgan fingerprint density at radius 1 is 1.10 bits per heavy atom. The molecule has 3 aliphatic rings. The first-order chi connectivity index (χ1) is 14.6. The minimum Gasteiger partial charge on any atom is -0.497 e. The van der Waals surface area contributed by atoms with Crippen molar-refractivity contribution in [3.8, 4) is 5.75 Å². The Morgan fingerprint density at radius 3 is 2.70 bits per heavy atom. The second-order valence-electron chi connectivity index (χ2n) is 8.99. The molecule has 0 spiro atoms. The van der Waals surface area contributed by atoms with E-state index in [1.165, 1.54) is 11.6 Å². The van der Waals surface area contributed by atoms with Gasteiger partial charge in [-0.2, -0.15) is 0 Å². The SMILES string of the molecule is COc1cccc([C@@H]2CN(C(=O)C3CC3)[C@H]3CCN(Cc4ccccc4F)C[C@@H]23)c1. The molecule has 0 aromatic heterocycles. The summed E-state index contributed by atoms with van der Waals surface area (Å²) in [7, 11) is 1.69. The number of ether oxygens (including phenoxy) is 1. The average Bonchev–Trinajstić information content (AvgIpc) is 3.56. The standard InChI is InChI=1S/C25H29FN2O2/c1-30-20-7-4-6-18(13-20)21-16-28(25(29)17-9-10-17)24-11-12-27(15-22(21)24)14-19-5-2-3-8-23(19)26/h2-8,13,17,21-22,24H,9-12,14-16H2,1H3/t21-,22-,24-/m0/s1. The van der Waals surface area contributed by atoms with E-state index in [1.807, 2.05) is 24.3 Å². The van der Waals surface area contributed by atoms with Crippen LogP contribution in [-0.4, -0.2) is 48.5 Å². The topological polar surface area (TPSA) is 32.8 Å². The number of methoxy groups -OCH3 is 1. The van der Waals surface area contributed by atoms with Gasteiger partial charge in [0.2, 0.25) is 5.91 Å². The number of likely N-dealkylation sites (tertiary alicyclic amines) is 2. The third-order valence-electron chi connectivity index (χ3n) is 7.10. The van der Waals surface area contributed by atoms with Crippen LogP contribution in [-0.2, 0) is 11.3 Å². The minimum atomic E-state index is -0.138. The molecule has 2 saturated heterocycles. The van der Waals surface area contributed by atoms with Crippen molar-refractivity contribution in [3.63, 3.8) is 0 Å². The van der Waals surface area contributed by atoms with Crippen LogP contribution in [0.3, 0.4) is 0 Å². The zero-order valence-electron chi connectivity index (χ0n) is 17.5. The van der Waals surface area contributed by atoms with E-state index in [1.54, 1.807) is 13.2 Å². The number of carbonyl (C=O) groups excluding carboxylic acids is 1. The fourth-order valence-electron chi connectivity index (χ4n) is 5.36. The van der Waals surface area contributed by atoms with Crippen molar-refractivity contribution < 1.29 is 13.9 Å². The Bertz CT molecular complexity index is 929. The number of hydrogen-bond donors (Lipinski definition) is 0. The summed E-state index contributed by atoms with van der Waals surface area (Å²) in [6, 6.07) is 15.6. The lowest BCUT2D eigenvalue weighted by molar-refractivity contribution is -0.134. The van der Waals surface area contributed by atoms with Gasteiger partial charge >= 0.3 is 0 Å². The Kier molecular flexibility index (Phi) is 5.23. The van der Waals surface area contributed by atoms with Gasteiger partial charge in [0.25, 0.3) is 0 Å². The highest BCUT2D eigenvalue weighted by Crippen LogP contribution is 2.45. The fourth-order valence-corrected chi connectivity index (χ4v) is 5.36. The third-order valence-corrected chi connectivity index (χ3v) is 7.10. The summed E-state index contributed by atoms with van der Waals surface area (Å²) in [5.74, 6) is 1.96. The lowest BCUT2D eigenvalue weighted by atomic mass is 9.81. The molecule has 1 aliphatic carbocycles. The van der Waals surface area contributed by atoms with Gasteiger partial charge < -0.3 is 9.64 Å². The van der Waals surface area contributed by atoms with Crippen molar-refractivity contribution in [2.75, 3.05) is 26.7 Å². The maximum Gasteiger partial charge on any atom is 0.225 e. The molecule has 0 bridgehead atoms. The third kappa shape index (κ3) is 3.71. The molecule has 1 amide bonds. The fraction of sp³-hybridized carbons (Fsp3) is 0.480. The normalized spacial score (nSPS) is 26.5. The highest BCUT2D eigenvalue weighted by Gasteiger charge is 2.49. The second kappa shape index (κ2) is 8.03. The van der Waals surface area contributed by atoms with Crippen LogP contribution in [0.5, 0.6) is 5.75 Å². The number of halogens is 1. The van der Waals surface area contributed by atoms with Crippen molar-refractivity contribution in [3.05, 3.63) is 65.5 Å². The molecule has 0 radical (unpaired) electrons. The Hall–Kier alpha value is -2.40. The number of benzene rings is 2. The van der Waals surface area contributed by atoms with Gasteiger partial charge in [-0.1, -0.05) is 30.3 Å².